The zero-order valence-electron chi connectivity index (χ0n) is 23.9. The van der Waals surface area contributed by atoms with E-state index in [4.69, 9.17) is 21.1 Å². The smallest absolute Gasteiger partial charge is 0.261 e. The molecule has 224 valence electrons. The number of ether oxygens (including phenoxy) is 2. The fraction of sp³-hybridized carbons (Fsp3) is 0.242. The van der Waals surface area contributed by atoms with Crippen LogP contribution in [-0.2, 0) is 14.8 Å². The van der Waals surface area contributed by atoms with E-state index in [9.17, 15) is 13.2 Å². The van der Waals surface area contributed by atoms with E-state index in [1.165, 1.54) is 29.3 Å². The van der Waals surface area contributed by atoms with Gasteiger partial charge in [-0.3, -0.25) is 14.4 Å². The molecule has 1 fully saturated rings. The summed E-state index contributed by atoms with van der Waals surface area (Å²) in [5.74, 6) is 0.734. The lowest BCUT2D eigenvalue weighted by Crippen LogP contribution is -2.51. The molecule has 1 heterocycles. The van der Waals surface area contributed by atoms with E-state index in [1.807, 2.05) is 43.3 Å². The van der Waals surface area contributed by atoms with Crippen LogP contribution in [0.2, 0.25) is 5.02 Å². The van der Waals surface area contributed by atoms with E-state index < -0.39 is 10.0 Å². The number of piperazine rings is 1. The highest BCUT2D eigenvalue weighted by atomic mass is 35.5. The molecule has 4 aromatic carbocycles. The summed E-state index contributed by atoms with van der Waals surface area (Å²) in [5.41, 5.74) is 2.82. The molecule has 1 N–H and O–H groups in total. The lowest BCUT2D eigenvalue weighted by atomic mass is 9.96. The quantitative estimate of drug-likeness (QED) is 0.227. The Labute approximate surface area is 257 Å². The zero-order valence-corrected chi connectivity index (χ0v) is 25.4. The van der Waals surface area contributed by atoms with Crippen molar-refractivity contribution in [2.75, 3.05) is 44.1 Å². The van der Waals surface area contributed by atoms with Crippen molar-refractivity contribution in [3.8, 4) is 11.5 Å². The van der Waals surface area contributed by atoms with Gasteiger partial charge in [-0.05, 0) is 60.5 Å². The molecule has 1 aliphatic heterocycles. The normalized spacial score (nSPS) is 14.0. The maximum atomic E-state index is 13.0. The SMILES string of the molecule is CCOc1ccc(NS(=O)(=O)c2ccc(OCC(=O)N3CCN(C(c4ccccc4)c4ccccc4)CC3)c(Cl)c2)cc1. The Morgan fingerprint density at radius 3 is 2.00 bits per heavy atom. The first-order chi connectivity index (χ1) is 20.8. The average molecular weight is 620 g/mol. The Morgan fingerprint density at radius 1 is 0.837 bits per heavy atom. The highest BCUT2D eigenvalue weighted by Crippen LogP contribution is 2.31. The highest BCUT2D eigenvalue weighted by Gasteiger charge is 2.28. The van der Waals surface area contributed by atoms with Gasteiger partial charge in [0.15, 0.2) is 6.61 Å². The average Bonchev–Trinajstić information content (AvgIpc) is 3.03. The van der Waals surface area contributed by atoms with Crippen molar-refractivity contribution in [3.05, 3.63) is 119 Å². The molecule has 0 bridgehead atoms. The second kappa shape index (κ2) is 13.9. The molecular formula is C33H34ClN3O5S. The summed E-state index contributed by atoms with van der Waals surface area (Å²) in [6, 6.07) is 31.7. The molecule has 4 aromatic rings. The first-order valence-electron chi connectivity index (χ1n) is 14.1. The van der Waals surface area contributed by atoms with Crippen LogP contribution in [0.1, 0.15) is 24.1 Å². The van der Waals surface area contributed by atoms with Gasteiger partial charge in [-0.15, -0.1) is 0 Å². The van der Waals surface area contributed by atoms with Crippen LogP contribution in [0, 0.1) is 0 Å². The minimum absolute atomic E-state index is 0.0208. The minimum Gasteiger partial charge on any atom is -0.494 e. The maximum Gasteiger partial charge on any atom is 0.261 e. The van der Waals surface area contributed by atoms with Crippen molar-refractivity contribution in [1.29, 1.82) is 0 Å². The Morgan fingerprint density at radius 2 is 1.44 bits per heavy atom. The fourth-order valence-electron chi connectivity index (χ4n) is 5.11. The Hall–Kier alpha value is -4.05. The van der Waals surface area contributed by atoms with Crippen molar-refractivity contribution in [2.45, 2.75) is 17.9 Å². The monoisotopic (exact) mass is 619 g/mol. The number of nitrogens with one attached hydrogen (secondary N) is 1. The number of carbonyl (C=O) groups is 1. The van der Waals surface area contributed by atoms with E-state index >= 15 is 0 Å². The summed E-state index contributed by atoms with van der Waals surface area (Å²) in [4.78, 5) is 17.2. The van der Waals surface area contributed by atoms with Crippen molar-refractivity contribution in [1.82, 2.24) is 9.80 Å². The molecule has 0 aliphatic carbocycles. The van der Waals surface area contributed by atoms with Crippen molar-refractivity contribution >= 4 is 33.2 Å². The lowest BCUT2D eigenvalue weighted by molar-refractivity contribution is -0.135. The number of nitrogens with zero attached hydrogens (tertiary/aromatic N) is 2. The van der Waals surface area contributed by atoms with Crippen molar-refractivity contribution in [2.24, 2.45) is 0 Å². The molecule has 43 heavy (non-hydrogen) atoms. The molecule has 0 unspecified atom stereocenters. The number of carbonyl (C=O) groups excluding carboxylic acids is 1. The summed E-state index contributed by atoms with van der Waals surface area (Å²) in [5, 5.41) is 0.0979. The van der Waals surface area contributed by atoms with Crippen molar-refractivity contribution in [3.63, 3.8) is 0 Å². The predicted octanol–water partition coefficient (Wildman–Crippen LogP) is 5.85. The third-order valence-corrected chi connectivity index (χ3v) is 8.92. The number of hydrogen-bond donors (Lipinski definition) is 1. The van der Waals surface area contributed by atoms with E-state index in [2.05, 4.69) is 33.9 Å². The summed E-state index contributed by atoms with van der Waals surface area (Å²) in [6.07, 6.45) is 0. The molecule has 0 radical (unpaired) electrons. The number of halogens is 1. The first-order valence-corrected chi connectivity index (χ1v) is 16.0. The number of rotatable bonds is 11. The number of hydrogen-bond acceptors (Lipinski definition) is 6. The van der Waals surface area contributed by atoms with Crippen LogP contribution in [0.3, 0.4) is 0 Å². The Balaban J connectivity index is 1.16. The van der Waals surface area contributed by atoms with Gasteiger partial charge in [0.2, 0.25) is 0 Å². The standard InChI is InChI=1S/C33H34ClN3O5S/c1-2-41-28-15-13-27(14-16-28)35-43(39,40)29-17-18-31(30(34)23-29)42-24-32(38)36-19-21-37(22-20-36)33(25-9-5-3-6-10-25)26-11-7-4-8-12-26/h3-18,23,33,35H,2,19-22,24H2,1H3. The van der Waals surface area contributed by atoms with Crippen LogP contribution >= 0.6 is 11.6 Å². The van der Waals surface area contributed by atoms with Gasteiger partial charge in [0.1, 0.15) is 11.5 Å². The van der Waals surface area contributed by atoms with Crippen LogP contribution in [0.25, 0.3) is 0 Å². The van der Waals surface area contributed by atoms with Gasteiger partial charge < -0.3 is 14.4 Å². The van der Waals surface area contributed by atoms with Gasteiger partial charge in [-0.2, -0.15) is 0 Å². The van der Waals surface area contributed by atoms with Gasteiger partial charge in [-0.25, -0.2) is 8.42 Å². The summed E-state index contributed by atoms with van der Waals surface area (Å²) >= 11 is 6.37. The number of benzene rings is 4. The molecule has 1 amide bonds. The van der Waals surface area contributed by atoms with Crippen LogP contribution in [0.5, 0.6) is 11.5 Å². The Kier molecular flexibility index (Phi) is 9.86. The van der Waals surface area contributed by atoms with Gasteiger partial charge in [0, 0.05) is 31.9 Å². The molecule has 0 spiro atoms. The molecule has 10 heteroatoms. The molecule has 1 saturated heterocycles. The number of amides is 1. The molecule has 0 saturated carbocycles. The van der Waals surface area contributed by atoms with E-state index in [0.717, 1.165) is 13.1 Å². The van der Waals surface area contributed by atoms with Gasteiger partial charge in [-0.1, -0.05) is 72.3 Å². The maximum absolute atomic E-state index is 13.0. The summed E-state index contributed by atoms with van der Waals surface area (Å²) in [6.45, 7) is 4.77. The number of anilines is 1. The van der Waals surface area contributed by atoms with Crippen LogP contribution in [0.15, 0.2) is 108 Å². The fourth-order valence-corrected chi connectivity index (χ4v) is 6.49. The summed E-state index contributed by atoms with van der Waals surface area (Å²) in [7, 11) is -3.89. The van der Waals surface area contributed by atoms with Gasteiger partial charge >= 0.3 is 0 Å². The first kappa shape index (κ1) is 30.4. The van der Waals surface area contributed by atoms with Gasteiger partial charge in [0.25, 0.3) is 15.9 Å². The van der Waals surface area contributed by atoms with E-state index in [0.29, 0.717) is 31.1 Å². The predicted molar refractivity (Wildman–Crippen MR) is 168 cm³/mol. The van der Waals surface area contributed by atoms with Crippen LogP contribution in [0.4, 0.5) is 5.69 Å². The third kappa shape index (κ3) is 7.67. The Bertz CT molecular complexity index is 1570. The molecule has 0 aromatic heterocycles. The van der Waals surface area contributed by atoms with Crippen molar-refractivity contribution < 1.29 is 22.7 Å². The topological polar surface area (TPSA) is 88.2 Å². The van der Waals surface area contributed by atoms with Crippen LogP contribution in [-0.4, -0.2) is 63.5 Å². The zero-order chi connectivity index (χ0) is 30.2. The van der Waals surface area contributed by atoms with E-state index in [-0.39, 0.29) is 34.2 Å². The molecule has 5 rings (SSSR count). The second-order valence-electron chi connectivity index (χ2n) is 10.1. The number of sulfonamides is 1. The highest BCUT2D eigenvalue weighted by molar-refractivity contribution is 7.92. The molecule has 1 aliphatic rings. The molecular weight excluding hydrogens is 586 g/mol. The summed E-state index contributed by atoms with van der Waals surface area (Å²) < 4.78 is 39.4. The second-order valence-corrected chi connectivity index (χ2v) is 12.2. The molecule has 0 atom stereocenters. The van der Waals surface area contributed by atoms with E-state index in [1.54, 1.807) is 29.2 Å². The third-order valence-electron chi connectivity index (χ3n) is 7.25. The van der Waals surface area contributed by atoms with Crippen LogP contribution < -0.4 is 14.2 Å². The lowest BCUT2D eigenvalue weighted by Gasteiger charge is -2.39. The van der Waals surface area contributed by atoms with Gasteiger partial charge in [0.05, 0.1) is 22.6 Å². The largest absolute Gasteiger partial charge is 0.494 e. The molecule has 8 nitrogen and oxygen atoms in total. The minimum atomic E-state index is -3.89.